The molecule has 0 radical (unpaired) electrons. The Morgan fingerprint density at radius 1 is 1.00 bits per heavy atom. The van der Waals surface area contributed by atoms with Crippen molar-refractivity contribution in [2.24, 2.45) is 5.16 Å². The molecule has 2 aromatic carbocycles. The van der Waals surface area contributed by atoms with Crippen LogP contribution in [0.5, 0.6) is 0 Å². The van der Waals surface area contributed by atoms with E-state index >= 15 is 0 Å². The van der Waals surface area contributed by atoms with Gasteiger partial charge in [-0.2, -0.15) is 0 Å². The summed E-state index contributed by atoms with van der Waals surface area (Å²) >= 11 is 0. The second-order valence-electron chi connectivity index (χ2n) is 7.94. The predicted octanol–water partition coefficient (Wildman–Crippen LogP) is 4.24. The zero-order chi connectivity index (χ0) is 23.0. The highest BCUT2D eigenvalue weighted by Gasteiger charge is 2.40. The summed E-state index contributed by atoms with van der Waals surface area (Å²) in [5, 5.41) is 3.96. The summed E-state index contributed by atoms with van der Waals surface area (Å²) < 4.78 is 27.7. The predicted molar refractivity (Wildman–Crippen MR) is 113 cm³/mol. The molecule has 2 heterocycles. The minimum absolute atomic E-state index is 0.210. The number of nitrogens with zero attached hydrogens (tertiary/aromatic N) is 3. The highest BCUT2D eigenvalue weighted by molar-refractivity contribution is 6.49. The first-order chi connectivity index (χ1) is 15.2. The van der Waals surface area contributed by atoms with Gasteiger partial charge in [-0.15, -0.1) is 0 Å². The fraction of sp³-hybridized carbons (Fsp3) is 0.208. The third-order valence-electron chi connectivity index (χ3n) is 5.28. The van der Waals surface area contributed by atoms with Crippen molar-refractivity contribution in [3.8, 4) is 11.3 Å². The lowest BCUT2D eigenvalue weighted by Gasteiger charge is -2.13. The third-order valence-corrected chi connectivity index (χ3v) is 5.28. The maximum Gasteiger partial charge on any atom is 0.230 e. The second-order valence-corrected chi connectivity index (χ2v) is 7.94. The monoisotopic (exact) mass is 435 g/mol. The molecule has 6 nitrogen and oxygen atoms in total. The van der Waals surface area contributed by atoms with Crippen molar-refractivity contribution in [3.05, 3.63) is 82.8 Å². The number of hydrogen-bond acceptors (Lipinski definition) is 6. The molecular formula is C24H19F2N3O3. The summed E-state index contributed by atoms with van der Waals surface area (Å²) in [5.74, 6) is -2.76. The van der Waals surface area contributed by atoms with Crippen LogP contribution in [-0.4, -0.2) is 32.8 Å². The molecule has 0 fully saturated rings. The molecular weight excluding hydrogens is 416 g/mol. The van der Waals surface area contributed by atoms with E-state index in [1.807, 2.05) is 13.0 Å². The molecule has 0 aliphatic carbocycles. The molecule has 32 heavy (non-hydrogen) atoms. The van der Waals surface area contributed by atoms with E-state index in [0.29, 0.717) is 11.3 Å². The van der Waals surface area contributed by atoms with Gasteiger partial charge >= 0.3 is 0 Å². The molecule has 1 aliphatic heterocycles. The van der Waals surface area contributed by atoms with E-state index in [0.717, 1.165) is 23.3 Å². The van der Waals surface area contributed by atoms with Crippen molar-refractivity contribution in [2.45, 2.75) is 32.8 Å². The number of Topliss-reactive ketones (excluding diaryl/α,β-unsaturated/α-hetero) is 2. The summed E-state index contributed by atoms with van der Waals surface area (Å²) in [4.78, 5) is 38.8. The maximum absolute atomic E-state index is 13.8. The topological polar surface area (TPSA) is 81.5 Å². The summed E-state index contributed by atoms with van der Waals surface area (Å²) in [5.41, 5.74) is 1.58. The molecule has 8 heteroatoms. The number of hydrogen-bond donors (Lipinski definition) is 0. The molecule has 0 N–H and O–H groups in total. The zero-order valence-electron chi connectivity index (χ0n) is 17.6. The van der Waals surface area contributed by atoms with Crippen LogP contribution in [0.4, 0.5) is 8.78 Å². The van der Waals surface area contributed by atoms with Gasteiger partial charge in [0.05, 0.1) is 29.6 Å². The van der Waals surface area contributed by atoms with Crippen LogP contribution < -0.4 is 0 Å². The smallest absolute Gasteiger partial charge is 0.230 e. The van der Waals surface area contributed by atoms with E-state index in [1.165, 1.54) is 18.5 Å². The quantitative estimate of drug-likeness (QED) is 0.560. The molecule has 162 valence electrons. The van der Waals surface area contributed by atoms with Gasteiger partial charge in [0.2, 0.25) is 5.78 Å². The van der Waals surface area contributed by atoms with Crippen LogP contribution >= 0.6 is 0 Å². The molecule has 3 aromatic rings. The first-order valence-electron chi connectivity index (χ1n) is 9.88. The lowest BCUT2D eigenvalue weighted by Crippen LogP contribution is -2.33. The molecule has 0 spiro atoms. The van der Waals surface area contributed by atoms with Gasteiger partial charge in [-0.05, 0) is 38.5 Å². The van der Waals surface area contributed by atoms with E-state index in [9.17, 15) is 18.4 Å². The van der Waals surface area contributed by atoms with Crippen LogP contribution in [0.25, 0.3) is 11.3 Å². The van der Waals surface area contributed by atoms with Gasteiger partial charge < -0.3 is 4.84 Å². The summed E-state index contributed by atoms with van der Waals surface area (Å²) in [7, 11) is 0. The number of halogens is 2. The van der Waals surface area contributed by atoms with Crippen molar-refractivity contribution >= 4 is 17.3 Å². The van der Waals surface area contributed by atoms with Crippen LogP contribution in [0, 0.1) is 18.6 Å². The van der Waals surface area contributed by atoms with E-state index in [-0.39, 0.29) is 23.6 Å². The average molecular weight is 435 g/mol. The molecule has 0 bridgehead atoms. The molecule has 0 unspecified atom stereocenters. The van der Waals surface area contributed by atoms with Crippen molar-refractivity contribution in [2.75, 3.05) is 0 Å². The lowest BCUT2D eigenvalue weighted by molar-refractivity contribution is -0.128. The van der Waals surface area contributed by atoms with E-state index < -0.39 is 28.6 Å². The highest BCUT2D eigenvalue weighted by Crippen LogP contribution is 2.29. The fourth-order valence-corrected chi connectivity index (χ4v) is 3.47. The van der Waals surface area contributed by atoms with E-state index in [1.54, 1.807) is 26.0 Å². The fourth-order valence-electron chi connectivity index (χ4n) is 3.47. The van der Waals surface area contributed by atoms with Gasteiger partial charge in [-0.1, -0.05) is 29.4 Å². The standard InChI is InChI=1S/C24H19F2N3O3/c1-13-15(6-4-7-16(13)22-23(31)24(2,3)32-29-22)19-12-27-14(11-28-19)10-20(30)21-17(25)8-5-9-18(21)26/h4-9,11-12H,10H2,1-3H3. The Balaban J connectivity index is 1.59. The van der Waals surface area contributed by atoms with Gasteiger partial charge in [-0.25, -0.2) is 8.78 Å². The lowest BCUT2D eigenvalue weighted by atomic mass is 9.91. The Labute approximate surface area is 183 Å². The van der Waals surface area contributed by atoms with Gasteiger partial charge in [-0.3, -0.25) is 19.6 Å². The van der Waals surface area contributed by atoms with Crippen LogP contribution in [0.1, 0.15) is 41.0 Å². The normalized spacial score (nSPS) is 14.8. The second kappa shape index (κ2) is 8.03. The molecule has 1 aromatic heterocycles. The average Bonchev–Trinajstić information content (AvgIpc) is 3.01. The molecule has 0 saturated carbocycles. The van der Waals surface area contributed by atoms with Gasteiger partial charge in [0.1, 0.15) is 11.6 Å². The number of oxime groups is 1. The summed E-state index contributed by atoms with van der Waals surface area (Å²) in [6.07, 6.45) is 2.58. The molecule has 1 aliphatic rings. The summed E-state index contributed by atoms with van der Waals surface area (Å²) in [6.45, 7) is 5.15. The number of ketones is 2. The van der Waals surface area contributed by atoms with E-state index in [2.05, 4.69) is 15.1 Å². The first kappa shape index (κ1) is 21.4. The van der Waals surface area contributed by atoms with Crippen molar-refractivity contribution in [3.63, 3.8) is 0 Å². The Kier molecular flexibility index (Phi) is 5.38. The van der Waals surface area contributed by atoms with E-state index in [4.69, 9.17) is 4.84 Å². The molecule has 0 amide bonds. The number of benzene rings is 2. The van der Waals surface area contributed by atoms with Gasteiger partial charge in [0, 0.05) is 17.3 Å². The third kappa shape index (κ3) is 3.79. The molecule has 0 saturated heterocycles. The minimum atomic E-state index is -1.01. The van der Waals surface area contributed by atoms with Crippen LogP contribution in [0.3, 0.4) is 0 Å². The molecule has 0 atom stereocenters. The van der Waals surface area contributed by atoms with Crippen LogP contribution in [-0.2, 0) is 16.1 Å². The Morgan fingerprint density at radius 3 is 2.25 bits per heavy atom. The van der Waals surface area contributed by atoms with Crippen LogP contribution in [0.2, 0.25) is 0 Å². The van der Waals surface area contributed by atoms with Crippen molar-refractivity contribution in [1.82, 2.24) is 9.97 Å². The Bertz CT molecular complexity index is 1250. The minimum Gasteiger partial charge on any atom is -0.381 e. The van der Waals surface area contributed by atoms with Gasteiger partial charge in [0.15, 0.2) is 17.1 Å². The Hall–Kier alpha value is -3.81. The van der Waals surface area contributed by atoms with Crippen molar-refractivity contribution in [1.29, 1.82) is 0 Å². The maximum atomic E-state index is 13.8. The first-order valence-corrected chi connectivity index (χ1v) is 9.88. The highest BCUT2D eigenvalue weighted by atomic mass is 19.1. The largest absolute Gasteiger partial charge is 0.381 e. The van der Waals surface area contributed by atoms with Gasteiger partial charge in [0.25, 0.3) is 0 Å². The summed E-state index contributed by atoms with van der Waals surface area (Å²) in [6, 6.07) is 8.65. The number of rotatable bonds is 5. The zero-order valence-corrected chi connectivity index (χ0v) is 17.6. The number of aromatic nitrogens is 2. The van der Waals surface area contributed by atoms with Crippen molar-refractivity contribution < 1.29 is 23.2 Å². The number of carbonyl (C=O) groups excluding carboxylic acids is 2. The Morgan fingerprint density at radius 2 is 1.66 bits per heavy atom. The SMILES string of the molecule is Cc1c(C2=NOC(C)(C)C2=O)cccc1-c1cnc(CC(=O)c2c(F)cccc2F)cn1. The molecule has 4 rings (SSSR count). The number of carbonyl (C=O) groups is 2. The van der Waals surface area contributed by atoms with Crippen LogP contribution in [0.15, 0.2) is 53.9 Å².